The Morgan fingerprint density at radius 3 is 2.56 bits per heavy atom. The van der Waals surface area contributed by atoms with Gasteiger partial charge in [-0.15, -0.1) is 0 Å². The van der Waals surface area contributed by atoms with Crippen LogP contribution in [0.25, 0.3) is 22.4 Å². The molecule has 2 aromatic carbocycles. The van der Waals surface area contributed by atoms with Gasteiger partial charge in [-0.1, -0.05) is 0 Å². The molecule has 0 saturated carbocycles. The number of aromatic amines is 1. The summed E-state index contributed by atoms with van der Waals surface area (Å²) < 4.78 is 54.8. The molecule has 3 N–H and O–H groups in total. The van der Waals surface area contributed by atoms with E-state index in [0.717, 1.165) is 49.4 Å². The lowest BCUT2D eigenvalue weighted by atomic mass is 10.2. The summed E-state index contributed by atoms with van der Waals surface area (Å²) in [7, 11) is -4.32. The van der Waals surface area contributed by atoms with Gasteiger partial charge in [0.05, 0.1) is 11.1 Å². The van der Waals surface area contributed by atoms with Crippen LogP contribution in [0.5, 0.6) is 0 Å². The van der Waals surface area contributed by atoms with Crippen molar-refractivity contribution in [3.63, 3.8) is 0 Å². The number of nitrogens with one attached hydrogen (secondary N) is 3. The minimum atomic E-state index is -4.32. The number of halogens is 2. The molecule has 36 heavy (non-hydrogen) atoms. The number of aromatic nitrogens is 4. The van der Waals surface area contributed by atoms with Crippen molar-refractivity contribution in [3.05, 3.63) is 59.8 Å². The zero-order valence-electron chi connectivity index (χ0n) is 19.6. The van der Waals surface area contributed by atoms with Crippen LogP contribution >= 0.6 is 0 Å². The minimum Gasteiger partial charge on any atom is -0.368 e. The largest absolute Gasteiger partial charge is 0.368 e. The van der Waals surface area contributed by atoms with Crippen molar-refractivity contribution >= 4 is 32.6 Å². The molecule has 9 nitrogen and oxygen atoms in total. The predicted octanol–water partition coefficient (Wildman–Crippen LogP) is 3.92. The quantitative estimate of drug-likeness (QED) is 0.327. The van der Waals surface area contributed by atoms with Crippen molar-refractivity contribution in [2.24, 2.45) is 0 Å². The molecule has 1 aliphatic heterocycles. The molecule has 1 aliphatic rings. The third-order valence-electron chi connectivity index (χ3n) is 6.10. The Labute approximate surface area is 207 Å². The van der Waals surface area contributed by atoms with Gasteiger partial charge in [0.2, 0.25) is 0 Å². The van der Waals surface area contributed by atoms with Gasteiger partial charge in [0.15, 0.2) is 11.5 Å². The Bertz CT molecular complexity index is 1500. The molecular formula is C24H25F2N7O2S. The molecule has 0 aliphatic carbocycles. The Kier molecular flexibility index (Phi) is 6.54. The summed E-state index contributed by atoms with van der Waals surface area (Å²) in [5, 5.41) is 11.4. The maximum absolute atomic E-state index is 14.0. The molecular weight excluding hydrogens is 488 g/mol. The highest BCUT2D eigenvalue weighted by atomic mass is 32.2. The van der Waals surface area contributed by atoms with Crippen LogP contribution in [0.3, 0.4) is 0 Å². The lowest BCUT2D eigenvalue weighted by molar-refractivity contribution is 0.352. The van der Waals surface area contributed by atoms with Crippen LogP contribution in [-0.2, 0) is 10.0 Å². The van der Waals surface area contributed by atoms with Crippen LogP contribution in [0, 0.1) is 18.6 Å². The van der Waals surface area contributed by atoms with Gasteiger partial charge in [0, 0.05) is 24.3 Å². The summed E-state index contributed by atoms with van der Waals surface area (Å²) in [6.07, 6.45) is 2.46. The zero-order valence-corrected chi connectivity index (χ0v) is 20.4. The third kappa shape index (κ3) is 5.00. The van der Waals surface area contributed by atoms with Gasteiger partial charge in [-0.2, -0.15) is 5.10 Å². The molecule has 0 bridgehead atoms. The van der Waals surface area contributed by atoms with E-state index < -0.39 is 26.6 Å². The van der Waals surface area contributed by atoms with Crippen molar-refractivity contribution in [2.75, 3.05) is 36.2 Å². The van der Waals surface area contributed by atoms with E-state index in [1.165, 1.54) is 25.0 Å². The number of rotatable bonds is 8. The van der Waals surface area contributed by atoms with Gasteiger partial charge in [-0.3, -0.25) is 9.82 Å². The second-order valence-electron chi connectivity index (χ2n) is 8.66. The van der Waals surface area contributed by atoms with Crippen molar-refractivity contribution in [3.8, 4) is 11.4 Å². The monoisotopic (exact) mass is 513 g/mol. The van der Waals surface area contributed by atoms with Gasteiger partial charge < -0.3 is 10.2 Å². The van der Waals surface area contributed by atoms with E-state index in [4.69, 9.17) is 4.98 Å². The van der Waals surface area contributed by atoms with E-state index in [1.807, 2.05) is 6.92 Å². The molecule has 188 valence electrons. The van der Waals surface area contributed by atoms with E-state index in [0.29, 0.717) is 28.9 Å². The molecule has 0 radical (unpaired) electrons. The summed E-state index contributed by atoms with van der Waals surface area (Å²) in [4.78, 5) is 10.9. The maximum Gasteiger partial charge on any atom is 0.264 e. The Balaban J connectivity index is 1.37. The predicted molar refractivity (Wildman–Crippen MR) is 133 cm³/mol. The van der Waals surface area contributed by atoms with Crippen molar-refractivity contribution < 1.29 is 17.2 Å². The fraction of sp³-hybridized carbons (Fsp3) is 0.292. The standard InChI is InChI=1S/C24H25F2N7O2S/c1-15-21-23(27-10-13-33-11-2-3-12-33)28-22(29-24(21)31-30-15)16-4-7-18(8-5-16)32-36(34,35)20-14-17(25)6-9-19(20)26/h4-9,14,32H,2-3,10-13H2,1H3,(H2,27,28,29,30,31). The molecule has 4 aromatic rings. The minimum absolute atomic E-state index is 0.185. The fourth-order valence-electron chi connectivity index (χ4n) is 4.25. The molecule has 5 rings (SSSR count). The first-order valence-electron chi connectivity index (χ1n) is 11.6. The van der Waals surface area contributed by atoms with Crippen LogP contribution in [-0.4, -0.2) is 59.7 Å². The zero-order chi connectivity index (χ0) is 25.3. The van der Waals surface area contributed by atoms with E-state index in [2.05, 4.69) is 30.1 Å². The second-order valence-corrected chi connectivity index (χ2v) is 10.3. The molecule has 1 fully saturated rings. The Morgan fingerprint density at radius 2 is 1.81 bits per heavy atom. The lowest BCUT2D eigenvalue weighted by Crippen LogP contribution is -2.26. The van der Waals surface area contributed by atoms with Gasteiger partial charge in [0.1, 0.15) is 22.3 Å². The highest BCUT2D eigenvalue weighted by molar-refractivity contribution is 7.92. The highest BCUT2D eigenvalue weighted by Gasteiger charge is 2.21. The SMILES string of the molecule is Cc1n[nH]c2nc(-c3ccc(NS(=O)(=O)c4cc(F)ccc4F)cc3)nc(NCCN3CCCC3)c12. The fourth-order valence-corrected chi connectivity index (χ4v) is 5.40. The number of hydrogen-bond acceptors (Lipinski definition) is 7. The molecule has 1 saturated heterocycles. The van der Waals surface area contributed by atoms with E-state index in [9.17, 15) is 17.2 Å². The number of H-pyrrole nitrogens is 1. The van der Waals surface area contributed by atoms with Crippen LogP contribution < -0.4 is 10.0 Å². The van der Waals surface area contributed by atoms with E-state index in [1.54, 1.807) is 12.1 Å². The number of aryl methyl sites for hydroxylation is 1. The van der Waals surface area contributed by atoms with Crippen molar-refractivity contribution in [1.29, 1.82) is 0 Å². The van der Waals surface area contributed by atoms with Crippen LogP contribution in [0.15, 0.2) is 47.4 Å². The Morgan fingerprint density at radius 1 is 1.06 bits per heavy atom. The lowest BCUT2D eigenvalue weighted by Gasteiger charge is -2.15. The normalized spacial score (nSPS) is 14.4. The summed E-state index contributed by atoms with van der Waals surface area (Å²) in [6.45, 7) is 5.75. The summed E-state index contributed by atoms with van der Waals surface area (Å²) >= 11 is 0. The average molecular weight is 514 g/mol. The number of fused-ring (bicyclic) bond motifs is 1. The molecule has 0 amide bonds. The van der Waals surface area contributed by atoms with E-state index >= 15 is 0 Å². The van der Waals surface area contributed by atoms with Crippen molar-refractivity contribution in [1.82, 2.24) is 25.1 Å². The highest BCUT2D eigenvalue weighted by Crippen LogP contribution is 2.27. The van der Waals surface area contributed by atoms with E-state index in [-0.39, 0.29) is 5.69 Å². The summed E-state index contributed by atoms with van der Waals surface area (Å²) in [5.41, 5.74) is 2.21. The summed E-state index contributed by atoms with van der Waals surface area (Å²) in [5.74, 6) is -0.785. The Hall–Kier alpha value is -3.64. The van der Waals surface area contributed by atoms with Gasteiger partial charge in [0.25, 0.3) is 10.0 Å². The maximum atomic E-state index is 14.0. The summed E-state index contributed by atoms with van der Waals surface area (Å²) in [6, 6.07) is 8.59. The molecule has 2 aromatic heterocycles. The number of sulfonamides is 1. The molecule has 0 unspecified atom stereocenters. The first-order chi connectivity index (χ1) is 17.3. The average Bonchev–Trinajstić information content (AvgIpc) is 3.51. The molecule has 12 heteroatoms. The van der Waals surface area contributed by atoms with Gasteiger partial charge in [-0.25, -0.2) is 27.2 Å². The van der Waals surface area contributed by atoms with Gasteiger partial charge >= 0.3 is 0 Å². The first-order valence-corrected chi connectivity index (χ1v) is 13.1. The number of benzene rings is 2. The first kappa shape index (κ1) is 24.1. The number of hydrogen-bond donors (Lipinski definition) is 3. The number of nitrogens with zero attached hydrogens (tertiary/aromatic N) is 4. The van der Waals surface area contributed by atoms with Crippen LogP contribution in [0.1, 0.15) is 18.5 Å². The topological polar surface area (TPSA) is 116 Å². The number of likely N-dealkylation sites (tertiary alicyclic amines) is 1. The molecule has 0 spiro atoms. The molecule has 3 heterocycles. The second kappa shape index (κ2) is 9.78. The third-order valence-corrected chi connectivity index (χ3v) is 7.49. The number of anilines is 2. The van der Waals surface area contributed by atoms with Crippen LogP contribution in [0.2, 0.25) is 0 Å². The smallest absolute Gasteiger partial charge is 0.264 e. The van der Waals surface area contributed by atoms with Crippen LogP contribution in [0.4, 0.5) is 20.3 Å². The van der Waals surface area contributed by atoms with Gasteiger partial charge in [-0.05, 0) is 75.3 Å². The van der Waals surface area contributed by atoms with Crippen molar-refractivity contribution in [2.45, 2.75) is 24.7 Å². The molecule has 0 atom stereocenters.